The van der Waals surface area contributed by atoms with Crippen molar-refractivity contribution in [3.8, 4) is 5.69 Å². The Morgan fingerprint density at radius 3 is 2.50 bits per heavy atom. The summed E-state index contributed by atoms with van der Waals surface area (Å²) in [6, 6.07) is 6.88. The van der Waals surface area contributed by atoms with Crippen LogP contribution in [0.5, 0.6) is 0 Å². The van der Waals surface area contributed by atoms with E-state index < -0.39 is 5.54 Å². The Morgan fingerprint density at radius 2 is 2.00 bits per heavy atom. The lowest BCUT2D eigenvalue weighted by atomic mass is 9.96. The summed E-state index contributed by atoms with van der Waals surface area (Å²) in [5.74, 6) is -0.225. The number of hydrogen-bond donors (Lipinski definition) is 2. The number of nitrogens with two attached hydrogens (primary N) is 1. The average molecular weight is 303 g/mol. The minimum Gasteiger partial charge on any atom is -0.325 e. The molecule has 0 fully saturated rings. The van der Waals surface area contributed by atoms with Crippen LogP contribution in [0.1, 0.15) is 26.7 Å². The number of aryl methyl sites for hydroxylation is 1. The summed E-state index contributed by atoms with van der Waals surface area (Å²) in [5.41, 5.74) is 6.13. The molecule has 2 aromatic rings. The van der Waals surface area contributed by atoms with E-state index in [0.717, 1.165) is 6.42 Å². The number of nitrogens with one attached hydrogen (secondary N) is 1. The molecule has 0 aliphatic carbocycles. The van der Waals surface area contributed by atoms with E-state index in [0.29, 0.717) is 17.8 Å². The largest absolute Gasteiger partial charge is 0.350 e. The molecule has 0 aliphatic rings. The maximum Gasteiger partial charge on any atom is 0.350 e. The number of benzene rings is 1. The number of rotatable bonds is 5. The second kappa shape index (κ2) is 6.15. The van der Waals surface area contributed by atoms with Gasteiger partial charge in [-0.25, -0.2) is 4.79 Å². The van der Waals surface area contributed by atoms with E-state index in [1.54, 1.807) is 38.2 Å². The highest BCUT2D eigenvalue weighted by Crippen LogP contribution is 2.15. The second-order valence-corrected chi connectivity index (χ2v) is 5.60. The van der Waals surface area contributed by atoms with Crippen LogP contribution in [0.4, 0.5) is 5.69 Å². The molecule has 0 saturated heterocycles. The van der Waals surface area contributed by atoms with Gasteiger partial charge in [0.05, 0.1) is 11.2 Å². The van der Waals surface area contributed by atoms with Gasteiger partial charge in [-0.2, -0.15) is 9.78 Å². The molecular formula is C15H21N5O2. The van der Waals surface area contributed by atoms with E-state index in [2.05, 4.69) is 10.4 Å². The highest BCUT2D eigenvalue weighted by molar-refractivity contribution is 5.97. The molecule has 1 atom stereocenters. The van der Waals surface area contributed by atoms with E-state index >= 15 is 0 Å². The summed E-state index contributed by atoms with van der Waals surface area (Å²) >= 11 is 0. The second-order valence-electron chi connectivity index (χ2n) is 5.60. The maximum absolute atomic E-state index is 12.1. The first kappa shape index (κ1) is 16.0. The summed E-state index contributed by atoms with van der Waals surface area (Å²) in [7, 11) is 1.64. The Hall–Kier alpha value is -2.41. The molecule has 1 unspecified atom stereocenters. The van der Waals surface area contributed by atoms with Gasteiger partial charge in [-0.3, -0.25) is 9.36 Å². The van der Waals surface area contributed by atoms with E-state index in [1.165, 1.54) is 15.6 Å². The quantitative estimate of drug-likeness (QED) is 0.862. The van der Waals surface area contributed by atoms with Crippen molar-refractivity contribution in [3.63, 3.8) is 0 Å². The highest BCUT2D eigenvalue weighted by Gasteiger charge is 2.27. The molecule has 1 aromatic heterocycles. The number of amides is 1. The molecule has 1 amide bonds. The van der Waals surface area contributed by atoms with Gasteiger partial charge >= 0.3 is 5.69 Å². The number of carbonyl (C=O) groups is 1. The summed E-state index contributed by atoms with van der Waals surface area (Å²) in [5, 5.41) is 6.79. The zero-order valence-electron chi connectivity index (χ0n) is 13.0. The molecule has 0 saturated carbocycles. The maximum atomic E-state index is 12.1. The molecule has 1 heterocycles. The van der Waals surface area contributed by atoms with Crippen LogP contribution in [0.25, 0.3) is 5.69 Å². The van der Waals surface area contributed by atoms with Gasteiger partial charge in [-0.15, -0.1) is 0 Å². The first-order valence-electron chi connectivity index (χ1n) is 7.16. The molecule has 7 heteroatoms. The Kier molecular flexibility index (Phi) is 4.46. The van der Waals surface area contributed by atoms with Gasteiger partial charge < -0.3 is 11.1 Å². The van der Waals surface area contributed by atoms with E-state index in [4.69, 9.17) is 5.73 Å². The van der Waals surface area contributed by atoms with Crippen molar-refractivity contribution in [3.05, 3.63) is 41.1 Å². The van der Waals surface area contributed by atoms with Gasteiger partial charge in [-0.1, -0.05) is 13.3 Å². The molecule has 0 spiro atoms. The van der Waals surface area contributed by atoms with Crippen molar-refractivity contribution in [2.45, 2.75) is 32.2 Å². The summed E-state index contributed by atoms with van der Waals surface area (Å²) in [4.78, 5) is 23.9. The molecule has 22 heavy (non-hydrogen) atoms. The Morgan fingerprint density at radius 1 is 1.36 bits per heavy atom. The van der Waals surface area contributed by atoms with Crippen molar-refractivity contribution in [2.24, 2.45) is 12.8 Å². The van der Waals surface area contributed by atoms with E-state index in [9.17, 15) is 9.59 Å². The smallest absolute Gasteiger partial charge is 0.325 e. The standard InChI is InChI=1S/C15H21N5O2/c1-4-9-15(2,16)13(21)18-11-5-7-12(8-6-11)20-14(22)19(3)10-17-20/h5-8,10H,4,9,16H2,1-3H3,(H,18,21). The zero-order chi connectivity index (χ0) is 16.3. The van der Waals surface area contributed by atoms with Gasteiger partial charge in [0, 0.05) is 12.7 Å². The Labute approximate surface area is 128 Å². The van der Waals surface area contributed by atoms with Crippen molar-refractivity contribution in [2.75, 3.05) is 5.32 Å². The van der Waals surface area contributed by atoms with Crippen LogP contribution in [0, 0.1) is 0 Å². The molecular weight excluding hydrogens is 282 g/mol. The number of anilines is 1. The van der Waals surface area contributed by atoms with Crippen LogP contribution in [0.15, 0.2) is 35.4 Å². The fraction of sp³-hybridized carbons (Fsp3) is 0.400. The lowest BCUT2D eigenvalue weighted by Crippen LogP contribution is -2.48. The molecule has 1 aromatic carbocycles. The number of aromatic nitrogens is 3. The van der Waals surface area contributed by atoms with Gasteiger partial charge in [0.25, 0.3) is 0 Å². The summed E-state index contributed by atoms with van der Waals surface area (Å²) < 4.78 is 2.68. The monoisotopic (exact) mass is 303 g/mol. The van der Waals surface area contributed by atoms with Crippen LogP contribution >= 0.6 is 0 Å². The van der Waals surface area contributed by atoms with Crippen LogP contribution in [-0.4, -0.2) is 25.8 Å². The van der Waals surface area contributed by atoms with Crippen molar-refractivity contribution >= 4 is 11.6 Å². The highest BCUT2D eigenvalue weighted by atomic mass is 16.2. The van der Waals surface area contributed by atoms with Crippen molar-refractivity contribution in [1.82, 2.24) is 14.3 Å². The predicted molar refractivity (Wildman–Crippen MR) is 84.9 cm³/mol. The molecule has 0 aliphatic heterocycles. The van der Waals surface area contributed by atoms with Gasteiger partial charge in [-0.05, 0) is 37.6 Å². The van der Waals surface area contributed by atoms with Crippen LogP contribution < -0.4 is 16.7 Å². The van der Waals surface area contributed by atoms with Crippen molar-refractivity contribution < 1.29 is 4.79 Å². The number of nitrogens with zero attached hydrogens (tertiary/aromatic N) is 3. The summed E-state index contributed by atoms with van der Waals surface area (Å²) in [6.45, 7) is 3.70. The van der Waals surface area contributed by atoms with Gasteiger partial charge in [0.2, 0.25) is 5.91 Å². The normalized spacial score (nSPS) is 13.6. The number of hydrogen-bond acceptors (Lipinski definition) is 4. The lowest BCUT2D eigenvalue weighted by Gasteiger charge is -2.22. The minimum atomic E-state index is -0.897. The molecule has 0 bridgehead atoms. The third-order valence-electron chi connectivity index (χ3n) is 3.48. The van der Waals surface area contributed by atoms with Crippen LogP contribution in [-0.2, 0) is 11.8 Å². The molecule has 0 radical (unpaired) electrons. The first-order valence-corrected chi connectivity index (χ1v) is 7.16. The fourth-order valence-corrected chi connectivity index (χ4v) is 2.15. The topological polar surface area (TPSA) is 94.9 Å². The molecule has 7 nitrogen and oxygen atoms in total. The Bertz CT molecular complexity index is 712. The van der Waals surface area contributed by atoms with Crippen LogP contribution in [0.3, 0.4) is 0 Å². The third-order valence-corrected chi connectivity index (χ3v) is 3.48. The fourth-order valence-electron chi connectivity index (χ4n) is 2.15. The minimum absolute atomic E-state index is 0.225. The lowest BCUT2D eigenvalue weighted by molar-refractivity contribution is -0.120. The Balaban J connectivity index is 2.15. The van der Waals surface area contributed by atoms with Crippen LogP contribution in [0.2, 0.25) is 0 Å². The average Bonchev–Trinajstić information content (AvgIpc) is 2.80. The zero-order valence-corrected chi connectivity index (χ0v) is 13.0. The van der Waals surface area contributed by atoms with Crippen molar-refractivity contribution in [1.29, 1.82) is 0 Å². The molecule has 2 rings (SSSR count). The third kappa shape index (κ3) is 3.25. The van der Waals surface area contributed by atoms with Gasteiger partial charge in [0.15, 0.2) is 0 Å². The SMILES string of the molecule is CCCC(C)(N)C(=O)Nc1ccc(-n2ncn(C)c2=O)cc1. The molecule has 3 N–H and O–H groups in total. The van der Waals surface area contributed by atoms with Gasteiger partial charge in [0.1, 0.15) is 6.33 Å². The van der Waals surface area contributed by atoms with E-state index in [1.807, 2.05) is 6.92 Å². The predicted octanol–water partition coefficient (Wildman–Crippen LogP) is 1.03. The number of carbonyl (C=O) groups excluding carboxylic acids is 1. The van der Waals surface area contributed by atoms with E-state index in [-0.39, 0.29) is 11.6 Å². The molecule has 118 valence electrons. The first-order chi connectivity index (χ1) is 10.3. The summed E-state index contributed by atoms with van der Waals surface area (Å²) in [6.07, 6.45) is 2.89.